The summed E-state index contributed by atoms with van der Waals surface area (Å²) in [5.74, 6) is 1.45. The standard InChI is InChI=1S/C17H19N3OS2/c1-17(21,10-22-2)9-18-15-13-8-14(12-6-4-3-5-7-12)23-16(13)20-11-19-15/h3-8,11,21H,9-10H2,1-2H3,(H,18,19,20). The van der Waals surface area contributed by atoms with Crippen molar-refractivity contribution in [3.05, 3.63) is 42.7 Å². The first-order valence-electron chi connectivity index (χ1n) is 7.34. The number of hydrogen-bond donors (Lipinski definition) is 2. The van der Waals surface area contributed by atoms with Crippen molar-refractivity contribution in [2.75, 3.05) is 23.9 Å². The lowest BCUT2D eigenvalue weighted by atomic mass is 10.1. The molecule has 1 unspecified atom stereocenters. The second-order valence-electron chi connectivity index (χ2n) is 5.70. The van der Waals surface area contributed by atoms with Gasteiger partial charge in [0.25, 0.3) is 0 Å². The zero-order valence-electron chi connectivity index (χ0n) is 13.1. The fourth-order valence-electron chi connectivity index (χ4n) is 2.38. The topological polar surface area (TPSA) is 58.0 Å². The van der Waals surface area contributed by atoms with E-state index in [0.717, 1.165) is 16.0 Å². The van der Waals surface area contributed by atoms with E-state index in [-0.39, 0.29) is 0 Å². The van der Waals surface area contributed by atoms with Crippen molar-refractivity contribution >= 4 is 39.1 Å². The van der Waals surface area contributed by atoms with Gasteiger partial charge in [-0.3, -0.25) is 0 Å². The number of benzene rings is 1. The minimum absolute atomic E-state index is 0.455. The summed E-state index contributed by atoms with van der Waals surface area (Å²) in [6, 6.07) is 12.4. The van der Waals surface area contributed by atoms with Crippen molar-refractivity contribution in [1.29, 1.82) is 0 Å². The van der Waals surface area contributed by atoms with Crippen LogP contribution in [0.25, 0.3) is 20.7 Å². The lowest BCUT2D eigenvalue weighted by Crippen LogP contribution is -2.36. The number of hydrogen-bond acceptors (Lipinski definition) is 6. The molecule has 1 atom stereocenters. The van der Waals surface area contributed by atoms with E-state index >= 15 is 0 Å². The maximum atomic E-state index is 10.3. The van der Waals surface area contributed by atoms with E-state index in [1.165, 1.54) is 10.4 Å². The molecule has 0 aliphatic heterocycles. The largest absolute Gasteiger partial charge is 0.387 e. The van der Waals surface area contributed by atoms with E-state index < -0.39 is 5.60 Å². The highest BCUT2D eigenvalue weighted by Crippen LogP contribution is 2.34. The second kappa shape index (κ2) is 6.86. The summed E-state index contributed by atoms with van der Waals surface area (Å²) in [6.07, 6.45) is 3.56. The van der Waals surface area contributed by atoms with Crippen LogP contribution < -0.4 is 5.32 Å². The van der Waals surface area contributed by atoms with Crippen LogP contribution in [0.15, 0.2) is 42.7 Å². The number of thioether (sulfide) groups is 1. The number of rotatable bonds is 6. The summed E-state index contributed by atoms with van der Waals surface area (Å²) in [4.78, 5) is 10.8. The first-order chi connectivity index (χ1) is 11.1. The highest BCUT2D eigenvalue weighted by atomic mass is 32.2. The van der Waals surface area contributed by atoms with Gasteiger partial charge in [0.2, 0.25) is 0 Å². The van der Waals surface area contributed by atoms with Crippen molar-refractivity contribution in [1.82, 2.24) is 9.97 Å². The Bertz CT molecular complexity index is 787. The summed E-state index contributed by atoms with van der Waals surface area (Å²) in [5.41, 5.74) is 0.408. The molecular formula is C17H19N3OS2. The van der Waals surface area contributed by atoms with Crippen molar-refractivity contribution in [2.24, 2.45) is 0 Å². The van der Waals surface area contributed by atoms with Crippen LogP contribution in [0.4, 0.5) is 5.82 Å². The Kier molecular flexibility index (Phi) is 4.84. The molecule has 2 N–H and O–H groups in total. The zero-order valence-corrected chi connectivity index (χ0v) is 14.7. The molecule has 23 heavy (non-hydrogen) atoms. The molecule has 0 saturated heterocycles. The Balaban J connectivity index is 1.88. The molecule has 120 valence electrons. The van der Waals surface area contributed by atoms with Crippen LogP contribution in [0, 0.1) is 0 Å². The lowest BCUT2D eigenvalue weighted by Gasteiger charge is -2.22. The van der Waals surface area contributed by atoms with Crippen LogP contribution in [0.1, 0.15) is 6.92 Å². The van der Waals surface area contributed by atoms with Gasteiger partial charge in [-0.2, -0.15) is 11.8 Å². The van der Waals surface area contributed by atoms with Crippen molar-refractivity contribution in [3.63, 3.8) is 0 Å². The molecule has 6 heteroatoms. The molecule has 0 bridgehead atoms. The molecule has 0 radical (unpaired) electrons. The Labute approximate surface area is 144 Å². The second-order valence-corrected chi connectivity index (χ2v) is 7.60. The van der Waals surface area contributed by atoms with Gasteiger partial charge >= 0.3 is 0 Å². The molecule has 3 aromatic rings. The highest BCUT2D eigenvalue weighted by molar-refractivity contribution is 7.98. The maximum absolute atomic E-state index is 10.3. The summed E-state index contributed by atoms with van der Waals surface area (Å²) in [7, 11) is 0. The van der Waals surface area contributed by atoms with E-state index in [9.17, 15) is 5.11 Å². The highest BCUT2D eigenvalue weighted by Gasteiger charge is 2.20. The molecular weight excluding hydrogens is 326 g/mol. The number of anilines is 1. The Morgan fingerprint density at radius 1 is 1.26 bits per heavy atom. The smallest absolute Gasteiger partial charge is 0.138 e. The quantitative estimate of drug-likeness (QED) is 0.710. The first-order valence-corrected chi connectivity index (χ1v) is 9.55. The van der Waals surface area contributed by atoms with Gasteiger partial charge in [-0.25, -0.2) is 9.97 Å². The van der Waals surface area contributed by atoms with Gasteiger partial charge in [0.05, 0.1) is 11.0 Å². The predicted molar refractivity (Wildman–Crippen MR) is 100 cm³/mol. The van der Waals surface area contributed by atoms with Crippen molar-refractivity contribution in [2.45, 2.75) is 12.5 Å². The first kappa shape index (κ1) is 16.2. The van der Waals surface area contributed by atoms with Crippen LogP contribution in [0.2, 0.25) is 0 Å². The van der Waals surface area contributed by atoms with Crippen molar-refractivity contribution in [3.8, 4) is 10.4 Å². The van der Waals surface area contributed by atoms with Gasteiger partial charge in [0.1, 0.15) is 17.0 Å². The summed E-state index contributed by atoms with van der Waals surface area (Å²) in [5, 5.41) is 14.6. The minimum atomic E-state index is -0.769. The number of thiophene rings is 1. The zero-order chi connectivity index (χ0) is 16.3. The van der Waals surface area contributed by atoms with E-state index in [0.29, 0.717) is 12.3 Å². The van der Waals surface area contributed by atoms with E-state index in [1.807, 2.05) is 31.4 Å². The van der Waals surface area contributed by atoms with Crippen LogP contribution in [-0.4, -0.2) is 39.2 Å². The molecule has 1 aromatic carbocycles. The molecule has 2 aromatic heterocycles. The minimum Gasteiger partial charge on any atom is -0.387 e. The summed E-state index contributed by atoms with van der Waals surface area (Å²) < 4.78 is 0. The molecule has 4 nitrogen and oxygen atoms in total. The number of nitrogens with zero attached hydrogens (tertiary/aromatic N) is 2. The van der Waals surface area contributed by atoms with Gasteiger partial charge in [0.15, 0.2) is 0 Å². The third kappa shape index (κ3) is 3.83. The average Bonchev–Trinajstić information content (AvgIpc) is 2.98. The molecule has 0 spiro atoms. The number of aliphatic hydroxyl groups is 1. The molecule has 0 saturated carbocycles. The third-order valence-corrected chi connectivity index (χ3v) is 5.48. The Hall–Kier alpha value is -1.63. The summed E-state index contributed by atoms with van der Waals surface area (Å²) >= 11 is 3.28. The normalized spacial score (nSPS) is 13.9. The molecule has 2 heterocycles. The molecule has 0 aliphatic carbocycles. The predicted octanol–water partition coefficient (Wildman–Crippen LogP) is 3.88. The summed E-state index contributed by atoms with van der Waals surface area (Å²) in [6.45, 7) is 2.29. The average molecular weight is 345 g/mol. The van der Waals surface area contributed by atoms with Gasteiger partial charge in [0, 0.05) is 17.2 Å². The molecule has 0 fully saturated rings. The fraction of sp³-hybridized carbons (Fsp3) is 0.294. The maximum Gasteiger partial charge on any atom is 0.138 e. The van der Waals surface area contributed by atoms with Crippen LogP contribution >= 0.6 is 23.1 Å². The van der Waals surface area contributed by atoms with Crippen LogP contribution in [-0.2, 0) is 0 Å². The third-order valence-electron chi connectivity index (χ3n) is 3.48. The lowest BCUT2D eigenvalue weighted by molar-refractivity contribution is 0.0996. The van der Waals surface area contributed by atoms with Gasteiger partial charge < -0.3 is 10.4 Å². The van der Waals surface area contributed by atoms with Gasteiger partial charge in [-0.05, 0) is 24.8 Å². The van der Waals surface area contributed by atoms with E-state index in [4.69, 9.17) is 0 Å². The number of fused-ring (bicyclic) bond motifs is 1. The Morgan fingerprint density at radius 3 is 2.78 bits per heavy atom. The van der Waals surface area contributed by atoms with Gasteiger partial charge in [-0.15, -0.1) is 11.3 Å². The molecule has 3 rings (SSSR count). The molecule has 0 amide bonds. The fourth-order valence-corrected chi connectivity index (χ4v) is 4.11. The van der Waals surface area contributed by atoms with Crippen LogP contribution in [0.5, 0.6) is 0 Å². The molecule has 0 aliphatic rings. The van der Waals surface area contributed by atoms with Gasteiger partial charge in [-0.1, -0.05) is 30.3 Å². The number of aromatic nitrogens is 2. The van der Waals surface area contributed by atoms with E-state index in [1.54, 1.807) is 29.4 Å². The van der Waals surface area contributed by atoms with E-state index in [2.05, 4.69) is 33.5 Å². The SMILES string of the molecule is CSCC(C)(O)CNc1ncnc2sc(-c3ccccc3)cc12. The Morgan fingerprint density at radius 2 is 2.04 bits per heavy atom. The van der Waals surface area contributed by atoms with Crippen LogP contribution in [0.3, 0.4) is 0 Å². The monoisotopic (exact) mass is 345 g/mol. The van der Waals surface area contributed by atoms with Crippen molar-refractivity contribution < 1.29 is 5.11 Å². The number of nitrogens with one attached hydrogen (secondary N) is 1.